The van der Waals surface area contributed by atoms with Gasteiger partial charge in [0.05, 0.1) is 5.39 Å². The van der Waals surface area contributed by atoms with Gasteiger partial charge < -0.3 is 4.90 Å². The minimum absolute atomic E-state index is 0.0289. The smallest absolute Gasteiger partial charge is 0.336 e. The van der Waals surface area contributed by atoms with Gasteiger partial charge in [0.2, 0.25) is 5.91 Å². The SMILES string of the molecule is Cc1sc2ncn3c(=O)n(CC(=O)N4[C@H](C)CCC[C@H]4C)nc3c2c1C. The molecule has 4 heterocycles. The van der Waals surface area contributed by atoms with E-state index in [4.69, 9.17) is 0 Å². The number of likely N-dealkylation sites (tertiary alicyclic amines) is 1. The lowest BCUT2D eigenvalue weighted by molar-refractivity contribution is -0.138. The normalized spacial score (nSPS) is 21.0. The Morgan fingerprint density at radius 2 is 1.96 bits per heavy atom. The number of hydrogen-bond donors (Lipinski definition) is 0. The molecule has 1 aliphatic rings. The van der Waals surface area contributed by atoms with Crippen LogP contribution in [0.2, 0.25) is 0 Å². The van der Waals surface area contributed by atoms with Crippen LogP contribution in [0.3, 0.4) is 0 Å². The van der Waals surface area contributed by atoms with Gasteiger partial charge in [-0.1, -0.05) is 0 Å². The summed E-state index contributed by atoms with van der Waals surface area (Å²) in [5, 5.41) is 5.39. The molecule has 3 aromatic rings. The molecule has 3 aromatic heterocycles. The molecule has 0 saturated carbocycles. The Hall–Kier alpha value is -2.22. The number of amides is 1. The number of rotatable bonds is 2. The third-order valence-electron chi connectivity index (χ3n) is 5.52. The molecule has 26 heavy (non-hydrogen) atoms. The van der Waals surface area contributed by atoms with Crippen molar-refractivity contribution in [1.82, 2.24) is 24.1 Å². The number of fused-ring (bicyclic) bond motifs is 3. The first kappa shape index (κ1) is 17.2. The summed E-state index contributed by atoms with van der Waals surface area (Å²) in [6.45, 7) is 8.17. The van der Waals surface area contributed by atoms with E-state index in [0.29, 0.717) is 5.65 Å². The number of aryl methyl sites for hydroxylation is 2. The van der Waals surface area contributed by atoms with E-state index in [1.54, 1.807) is 11.3 Å². The van der Waals surface area contributed by atoms with E-state index in [9.17, 15) is 9.59 Å². The Morgan fingerprint density at radius 3 is 2.65 bits per heavy atom. The maximum atomic E-state index is 12.9. The summed E-state index contributed by atoms with van der Waals surface area (Å²) < 4.78 is 2.72. The fourth-order valence-electron chi connectivity index (χ4n) is 3.99. The van der Waals surface area contributed by atoms with Crippen molar-refractivity contribution in [2.24, 2.45) is 0 Å². The van der Waals surface area contributed by atoms with Gasteiger partial charge in [0.25, 0.3) is 0 Å². The van der Waals surface area contributed by atoms with Crippen LogP contribution in [0.15, 0.2) is 11.1 Å². The van der Waals surface area contributed by atoms with E-state index in [0.717, 1.165) is 39.9 Å². The van der Waals surface area contributed by atoms with Crippen molar-refractivity contribution in [2.75, 3.05) is 0 Å². The highest BCUT2D eigenvalue weighted by Gasteiger charge is 2.29. The quantitative estimate of drug-likeness (QED) is 0.692. The fraction of sp³-hybridized carbons (Fsp3) is 0.556. The summed E-state index contributed by atoms with van der Waals surface area (Å²) in [6, 6.07) is 0.406. The van der Waals surface area contributed by atoms with Crippen molar-refractivity contribution in [1.29, 1.82) is 0 Å². The molecule has 8 heteroatoms. The van der Waals surface area contributed by atoms with E-state index >= 15 is 0 Å². The first-order valence-electron chi connectivity index (χ1n) is 9.03. The van der Waals surface area contributed by atoms with Crippen LogP contribution in [-0.2, 0) is 11.3 Å². The van der Waals surface area contributed by atoms with Gasteiger partial charge in [0, 0.05) is 17.0 Å². The van der Waals surface area contributed by atoms with Crippen LogP contribution in [0.25, 0.3) is 15.9 Å². The highest BCUT2D eigenvalue weighted by molar-refractivity contribution is 7.18. The molecular formula is C18H23N5O2S. The molecule has 0 spiro atoms. The van der Waals surface area contributed by atoms with Gasteiger partial charge in [-0.25, -0.2) is 18.9 Å². The second-order valence-electron chi connectivity index (χ2n) is 7.27. The zero-order chi connectivity index (χ0) is 18.6. The summed E-state index contributed by atoms with van der Waals surface area (Å²) in [5.74, 6) is -0.0439. The largest absolute Gasteiger partial charge is 0.352 e. The lowest BCUT2D eigenvalue weighted by Crippen LogP contribution is -2.49. The van der Waals surface area contributed by atoms with E-state index in [2.05, 4.69) is 23.9 Å². The topological polar surface area (TPSA) is 72.5 Å². The van der Waals surface area contributed by atoms with Gasteiger partial charge in [-0.2, -0.15) is 0 Å². The van der Waals surface area contributed by atoms with Crippen LogP contribution < -0.4 is 5.69 Å². The Bertz CT molecular complexity index is 1050. The monoisotopic (exact) mass is 373 g/mol. The molecule has 0 aromatic carbocycles. The Morgan fingerprint density at radius 1 is 1.27 bits per heavy atom. The maximum Gasteiger partial charge on any atom is 0.352 e. The lowest BCUT2D eigenvalue weighted by Gasteiger charge is -2.39. The highest BCUT2D eigenvalue weighted by Crippen LogP contribution is 2.30. The standard InChI is InChI=1S/C18H23N5O2S/c1-10-6-5-7-11(2)23(10)14(24)8-22-18(25)21-9-19-17-15(16(21)20-22)12(3)13(4)26-17/h9-11H,5-8H2,1-4H3/t10-,11-/m1/s1. The molecule has 0 unspecified atom stereocenters. The first-order chi connectivity index (χ1) is 12.4. The lowest BCUT2D eigenvalue weighted by atomic mass is 9.97. The van der Waals surface area contributed by atoms with Crippen LogP contribution >= 0.6 is 11.3 Å². The van der Waals surface area contributed by atoms with Crippen molar-refractivity contribution in [3.8, 4) is 0 Å². The molecule has 2 atom stereocenters. The molecule has 4 rings (SSSR count). The molecule has 0 radical (unpaired) electrons. The zero-order valence-electron chi connectivity index (χ0n) is 15.5. The second kappa shape index (κ2) is 6.19. The molecule has 0 bridgehead atoms. The summed E-state index contributed by atoms with van der Waals surface area (Å²) in [7, 11) is 0. The summed E-state index contributed by atoms with van der Waals surface area (Å²) in [5.41, 5.74) is 1.35. The Kier molecular flexibility index (Phi) is 4.10. The summed E-state index contributed by atoms with van der Waals surface area (Å²) >= 11 is 1.59. The molecule has 1 amide bonds. The maximum absolute atomic E-state index is 12.9. The van der Waals surface area contributed by atoms with Crippen LogP contribution in [0.5, 0.6) is 0 Å². The third-order valence-corrected chi connectivity index (χ3v) is 6.63. The minimum atomic E-state index is -0.316. The molecule has 0 N–H and O–H groups in total. The molecular weight excluding hydrogens is 350 g/mol. The first-order valence-corrected chi connectivity index (χ1v) is 9.85. The van der Waals surface area contributed by atoms with Crippen molar-refractivity contribution < 1.29 is 4.79 Å². The second-order valence-corrected chi connectivity index (χ2v) is 8.47. The molecule has 7 nitrogen and oxygen atoms in total. The van der Waals surface area contributed by atoms with Gasteiger partial charge in [0.1, 0.15) is 17.7 Å². The van der Waals surface area contributed by atoms with Crippen LogP contribution in [0.1, 0.15) is 43.6 Å². The zero-order valence-corrected chi connectivity index (χ0v) is 16.3. The Balaban J connectivity index is 1.75. The van der Waals surface area contributed by atoms with Gasteiger partial charge in [0.15, 0.2) is 5.65 Å². The highest BCUT2D eigenvalue weighted by atomic mass is 32.1. The molecule has 0 aliphatic carbocycles. The van der Waals surface area contributed by atoms with Crippen LogP contribution in [-0.4, -0.2) is 42.1 Å². The van der Waals surface area contributed by atoms with Gasteiger partial charge >= 0.3 is 5.69 Å². The number of carbonyl (C=O) groups excluding carboxylic acids is 1. The van der Waals surface area contributed by atoms with Gasteiger partial charge in [-0.3, -0.25) is 4.79 Å². The van der Waals surface area contributed by atoms with Crippen molar-refractivity contribution in [3.63, 3.8) is 0 Å². The fourth-order valence-corrected chi connectivity index (χ4v) is 4.99. The molecule has 1 aliphatic heterocycles. The number of hydrogen-bond acceptors (Lipinski definition) is 5. The van der Waals surface area contributed by atoms with E-state index < -0.39 is 0 Å². The van der Waals surface area contributed by atoms with Gasteiger partial charge in [-0.15, -0.1) is 16.4 Å². The van der Waals surface area contributed by atoms with Crippen molar-refractivity contribution in [2.45, 2.75) is 65.6 Å². The molecule has 138 valence electrons. The number of piperidine rings is 1. The number of carbonyl (C=O) groups is 1. The Labute approximate surface area is 155 Å². The molecule has 1 fully saturated rings. The number of aromatic nitrogens is 4. The van der Waals surface area contributed by atoms with Crippen LogP contribution in [0.4, 0.5) is 0 Å². The number of thiophene rings is 1. The summed E-state index contributed by atoms with van der Waals surface area (Å²) in [4.78, 5) is 33.9. The van der Waals surface area contributed by atoms with E-state index in [1.807, 2.05) is 18.7 Å². The van der Waals surface area contributed by atoms with Gasteiger partial charge in [-0.05, 0) is 52.5 Å². The predicted octanol–water partition coefficient (Wildman–Crippen LogP) is 2.51. The number of nitrogens with zero attached hydrogens (tertiary/aromatic N) is 5. The summed E-state index contributed by atoms with van der Waals surface area (Å²) in [6.07, 6.45) is 4.67. The van der Waals surface area contributed by atoms with Crippen LogP contribution in [0, 0.1) is 13.8 Å². The van der Waals surface area contributed by atoms with Crippen molar-refractivity contribution >= 4 is 33.1 Å². The minimum Gasteiger partial charge on any atom is -0.336 e. The predicted molar refractivity (Wildman–Crippen MR) is 102 cm³/mol. The molecule has 1 saturated heterocycles. The third kappa shape index (κ3) is 2.55. The van der Waals surface area contributed by atoms with E-state index in [1.165, 1.54) is 15.4 Å². The average molecular weight is 373 g/mol. The van der Waals surface area contributed by atoms with Crippen molar-refractivity contribution in [3.05, 3.63) is 27.3 Å². The van der Waals surface area contributed by atoms with E-state index in [-0.39, 0.29) is 30.2 Å². The average Bonchev–Trinajstić information content (AvgIpc) is 3.05.